The van der Waals surface area contributed by atoms with Gasteiger partial charge in [0.25, 0.3) is 0 Å². The van der Waals surface area contributed by atoms with E-state index in [2.05, 4.69) is 16.4 Å². The monoisotopic (exact) mass is 231 g/mol. The van der Waals surface area contributed by atoms with E-state index in [1.807, 2.05) is 24.4 Å². The van der Waals surface area contributed by atoms with Gasteiger partial charge in [0.1, 0.15) is 0 Å². The maximum absolute atomic E-state index is 10.0. The molecule has 0 amide bonds. The maximum atomic E-state index is 10.0. The summed E-state index contributed by atoms with van der Waals surface area (Å²) < 4.78 is 0. The fourth-order valence-electron chi connectivity index (χ4n) is 1.74. The topological polar surface area (TPSA) is 71.0 Å². The van der Waals surface area contributed by atoms with Gasteiger partial charge in [-0.3, -0.25) is 10.1 Å². The molecule has 0 aliphatic heterocycles. The van der Waals surface area contributed by atoms with Crippen LogP contribution in [0.2, 0.25) is 0 Å². The fraction of sp³-hybridized carbons (Fsp3) is 0.167. The molecular formula is C12H13N3O2. The Bertz CT molecular complexity index is 545. The third-order valence-electron chi connectivity index (χ3n) is 2.53. The van der Waals surface area contributed by atoms with Gasteiger partial charge in [-0.1, -0.05) is 18.2 Å². The van der Waals surface area contributed by atoms with Crippen molar-refractivity contribution in [2.24, 2.45) is 0 Å². The second-order valence-corrected chi connectivity index (χ2v) is 3.66. The molecule has 0 atom stereocenters. The van der Waals surface area contributed by atoms with Crippen molar-refractivity contribution in [3.8, 4) is 0 Å². The molecule has 0 bridgehead atoms. The maximum Gasteiger partial charge on any atom is 0.249 e. The van der Waals surface area contributed by atoms with Crippen molar-refractivity contribution in [3.05, 3.63) is 58.5 Å². The number of nitro groups is 1. The quantitative estimate of drug-likeness (QED) is 0.470. The van der Waals surface area contributed by atoms with Crippen molar-refractivity contribution in [2.45, 2.75) is 6.42 Å². The molecule has 1 aromatic heterocycles. The summed E-state index contributed by atoms with van der Waals surface area (Å²) in [4.78, 5) is 12.7. The average molecular weight is 231 g/mol. The van der Waals surface area contributed by atoms with Crippen LogP contribution >= 0.6 is 0 Å². The molecule has 2 aromatic rings. The van der Waals surface area contributed by atoms with E-state index in [-0.39, 0.29) is 0 Å². The number of aromatic nitrogens is 1. The Hall–Kier alpha value is -2.30. The molecule has 0 spiro atoms. The van der Waals surface area contributed by atoms with Crippen LogP contribution < -0.4 is 5.32 Å². The SMILES string of the molecule is O=[N+]([O-])/C=C\NCCc1c[nH]c2ccccc12. The average Bonchev–Trinajstić information content (AvgIpc) is 2.72. The van der Waals surface area contributed by atoms with Crippen LogP contribution in [0.15, 0.2) is 42.9 Å². The Balaban J connectivity index is 1.93. The summed E-state index contributed by atoms with van der Waals surface area (Å²) in [6, 6.07) is 8.08. The smallest absolute Gasteiger partial charge is 0.249 e. The number of fused-ring (bicyclic) bond motifs is 1. The summed E-state index contributed by atoms with van der Waals surface area (Å²) in [5.41, 5.74) is 2.32. The summed E-state index contributed by atoms with van der Waals surface area (Å²) >= 11 is 0. The molecule has 0 aliphatic carbocycles. The lowest BCUT2D eigenvalue weighted by Gasteiger charge is -1.99. The van der Waals surface area contributed by atoms with Crippen molar-refractivity contribution in [1.29, 1.82) is 0 Å². The Kier molecular flexibility index (Phi) is 3.40. The number of hydrogen-bond acceptors (Lipinski definition) is 3. The van der Waals surface area contributed by atoms with Gasteiger partial charge < -0.3 is 10.3 Å². The highest BCUT2D eigenvalue weighted by molar-refractivity contribution is 5.83. The van der Waals surface area contributed by atoms with Gasteiger partial charge in [0.05, 0.1) is 11.1 Å². The lowest BCUT2D eigenvalue weighted by molar-refractivity contribution is -0.402. The zero-order chi connectivity index (χ0) is 12.1. The van der Waals surface area contributed by atoms with Gasteiger partial charge in [-0.2, -0.15) is 0 Å². The second-order valence-electron chi connectivity index (χ2n) is 3.66. The summed E-state index contributed by atoms with van der Waals surface area (Å²) in [6.45, 7) is 0.673. The number of benzene rings is 1. The van der Waals surface area contributed by atoms with Gasteiger partial charge >= 0.3 is 0 Å². The zero-order valence-corrected chi connectivity index (χ0v) is 9.22. The van der Waals surface area contributed by atoms with E-state index in [9.17, 15) is 10.1 Å². The second kappa shape index (κ2) is 5.16. The molecule has 0 radical (unpaired) electrons. The third-order valence-corrected chi connectivity index (χ3v) is 2.53. The third kappa shape index (κ3) is 2.84. The van der Waals surface area contributed by atoms with E-state index < -0.39 is 4.92 Å². The minimum Gasteiger partial charge on any atom is -0.386 e. The number of aromatic amines is 1. The number of hydrogen-bond donors (Lipinski definition) is 2. The Morgan fingerprint density at radius 2 is 2.24 bits per heavy atom. The molecule has 0 fully saturated rings. The Labute approximate surface area is 98.3 Å². The van der Waals surface area contributed by atoms with Crippen LogP contribution in [0.1, 0.15) is 5.56 Å². The number of H-pyrrole nitrogens is 1. The van der Waals surface area contributed by atoms with Crippen LogP contribution in [0.4, 0.5) is 0 Å². The molecule has 0 aliphatic rings. The highest BCUT2D eigenvalue weighted by atomic mass is 16.6. The number of nitrogens with one attached hydrogen (secondary N) is 2. The first kappa shape index (κ1) is 11.2. The molecule has 2 N–H and O–H groups in total. The summed E-state index contributed by atoms with van der Waals surface area (Å²) in [5.74, 6) is 0. The van der Waals surface area contributed by atoms with E-state index in [4.69, 9.17) is 0 Å². The normalized spacial score (nSPS) is 11.1. The standard InChI is InChI=1S/C12H13N3O2/c16-15(17)8-7-13-6-5-10-9-14-12-4-2-1-3-11(10)12/h1-4,7-9,13-14H,5-6H2/b8-7-. The summed E-state index contributed by atoms with van der Waals surface area (Å²) in [6.07, 6.45) is 5.06. The lowest BCUT2D eigenvalue weighted by Crippen LogP contribution is -2.10. The van der Waals surface area contributed by atoms with Crippen LogP contribution in [-0.2, 0) is 6.42 Å². The van der Waals surface area contributed by atoms with Crippen molar-refractivity contribution in [3.63, 3.8) is 0 Å². The molecule has 0 unspecified atom stereocenters. The molecule has 5 nitrogen and oxygen atoms in total. The van der Waals surface area contributed by atoms with Crippen LogP contribution in [-0.4, -0.2) is 16.5 Å². The highest BCUT2D eigenvalue weighted by Gasteiger charge is 2.01. The van der Waals surface area contributed by atoms with Gasteiger partial charge in [-0.05, 0) is 18.1 Å². The highest BCUT2D eigenvalue weighted by Crippen LogP contribution is 2.17. The Morgan fingerprint density at radius 3 is 3.06 bits per heavy atom. The number of para-hydroxylation sites is 1. The van der Waals surface area contributed by atoms with Gasteiger partial charge in [0, 0.05) is 23.6 Å². The molecule has 5 heteroatoms. The van der Waals surface area contributed by atoms with Crippen LogP contribution in [0, 0.1) is 10.1 Å². The number of rotatable bonds is 5. The van der Waals surface area contributed by atoms with Crippen LogP contribution in [0.3, 0.4) is 0 Å². The number of nitrogens with zero attached hydrogens (tertiary/aromatic N) is 1. The van der Waals surface area contributed by atoms with Gasteiger partial charge in [0.2, 0.25) is 6.20 Å². The molecule has 2 rings (SSSR count). The molecule has 0 saturated heterocycles. The summed E-state index contributed by atoms with van der Waals surface area (Å²) in [7, 11) is 0. The van der Waals surface area contributed by atoms with Crippen molar-refractivity contribution in [1.82, 2.24) is 10.3 Å². The fourth-order valence-corrected chi connectivity index (χ4v) is 1.74. The lowest BCUT2D eigenvalue weighted by atomic mass is 10.1. The molecule has 88 valence electrons. The first-order valence-corrected chi connectivity index (χ1v) is 5.36. The molecule has 17 heavy (non-hydrogen) atoms. The minimum absolute atomic E-state index is 0.487. The molecular weight excluding hydrogens is 218 g/mol. The van der Waals surface area contributed by atoms with E-state index >= 15 is 0 Å². The van der Waals surface area contributed by atoms with Gasteiger partial charge in [0.15, 0.2) is 0 Å². The van der Waals surface area contributed by atoms with E-state index in [0.29, 0.717) is 6.54 Å². The first-order chi connectivity index (χ1) is 8.27. The Morgan fingerprint density at radius 1 is 1.41 bits per heavy atom. The summed E-state index contributed by atoms with van der Waals surface area (Å²) in [5, 5.41) is 14.1. The van der Waals surface area contributed by atoms with E-state index in [1.165, 1.54) is 17.1 Å². The minimum atomic E-state index is -0.487. The predicted octanol–water partition coefficient (Wildman–Crippen LogP) is 2.05. The van der Waals surface area contributed by atoms with E-state index in [0.717, 1.165) is 18.1 Å². The van der Waals surface area contributed by atoms with Crippen molar-refractivity contribution >= 4 is 10.9 Å². The van der Waals surface area contributed by atoms with Crippen molar-refractivity contribution < 1.29 is 4.92 Å². The van der Waals surface area contributed by atoms with Gasteiger partial charge in [-0.15, -0.1) is 0 Å². The van der Waals surface area contributed by atoms with Crippen LogP contribution in [0.25, 0.3) is 10.9 Å². The molecule has 1 heterocycles. The first-order valence-electron chi connectivity index (χ1n) is 5.36. The predicted molar refractivity (Wildman–Crippen MR) is 66.1 cm³/mol. The largest absolute Gasteiger partial charge is 0.386 e. The molecule has 1 aromatic carbocycles. The van der Waals surface area contributed by atoms with Crippen LogP contribution in [0.5, 0.6) is 0 Å². The van der Waals surface area contributed by atoms with Crippen molar-refractivity contribution in [2.75, 3.05) is 6.54 Å². The zero-order valence-electron chi connectivity index (χ0n) is 9.22. The molecule has 0 saturated carbocycles. The van der Waals surface area contributed by atoms with Gasteiger partial charge in [-0.25, -0.2) is 0 Å². The van der Waals surface area contributed by atoms with E-state index in [1.54, 1.807) is 0 Å².